The highest BCUT2D eigenvalue weighted by molar-refractivity contribution is 6.62. The number of rotatable bonds is 4. The average Bonchev–Trinajstić information content (AvgIpc) is 2.59. The molecule has 0 unspecified atom stereocenters. The molecule has 1 aliphatic heterocycles. The van der Waals surface area contributed by atoms with Gasteiger partial charge in [-0.25, -0.2) is 0 Å². The Balaban J connectivity index is 2.32. The highest BCUT2D eigenvalue weighted by atomic mass is 16.7. The molecular formula is C17H26BNO4. The molecule has 1 heterocycles. The Kier molecular flexibility index (Phi) is 4.78. The number of anilines is 1. The molecule has 1 fully saturated rings. The Labute approximate surface area is 138 Å². The summed E-state index contributed by atoms with van der Waals surface area (Å²) in [7, 11) is -0.458. The highest BCUT2D eigenvalue weighted by Crippen LogP contribution is 2.37. The molecule has 1 aromatic carbocycles. The van der Waals surface area contributed by atoms with Crippen LogP contribution in [0.1, 0.15) is 48.5 Å². The minimum Gasteiger partial charge on any atom is -0.489 e. The van der Waals surface area contributed by atoms with Crippen LogP contribution < -0.4 is 15.5 Å². The van der Waals surface area contributed by atoms with Crippen LogP contribution in [-0.4, -0.2) is 30.3 Å². The molecule has 1 aromatic rings. The van der Waals surface area contributed by atoms with Gasteiger partial charge >= 0.3 is 7.12 Å². The fourth-order valence-corrected chi connectivity index (χ4v) is 2.31. The third kappa shape index (κ3) is 3.87. The van der Waals surface area contributed by atoms with Gasteiger partial charge in [-0.1, -0.05) is 6.07 Å². The molecular weight excluding hydrogens is 293 g/mol. The summed E-state index contributed by atoms with van der Waals surface area (Å²) in [5.74, 6) is 0.476. The molecule has 0 aliphatic carbocycles. The van der Waals surface area contributed by atoms with Gasteiger partial charge in [0.05, 0.1) is 23.0 Å². The predicted octanol–water partition coefficient (Wildman–Crippen LogP) is 2.73. The van der Waals surface area contributed by atoms with Crippen LogP contribution in [0.15, 0.2) is 18.2 Å². The second-order valence-corrected chi connectivity index (χ2v) is 7.19. The first-order valence-corrected chi connectivity index (χ1v) is 7.96. The van der Waals surface area contributed by atoms with Crippen molar-refractivity contribution in [3.63, 3.8) is 0 Å². The van der Waals surface area contributed by atoms with Crippen LogP contribution in [0.3, 0.4) is 0 Å². The Bertz CT molecular complexity index is 582. The molecule has 0 aromatic heterocycles. The number of nitrogens with one attached hydrogen (secondary N) is 1. The van der Waals surface area contributed by atoms with Gasteiger partial charge in [-0.2, -0.15) is 0 Å². The number of benzene rings is 1. The Morgan fingerprint density at radius 2 is 1.74 bits per heavy atom. The number of carbonyl (C=O) groups is 1. The van der Waals surface area contributed by atoms with Gasteiger partial charge in [0.2, 0.25) is 5.91 Å². The molecule has 6 heteroatoms. The van der Waals surface area contributed by atoms with Crippen LogP contribution in [0.5, 0.6) is 5.75 Å². The van der Waals surface area contributed by atoms with Crippen LogP contribution >= 0.6 is 0 Å². The molecule has 1 saturated heterocycles. The first-order chi connectivity index (χ1) is 10.5. The Hall–Kier alpha value is -1.53. The van der Waals surface area contributed by atoms with Gasteiger partial charge in [0.25, 0.3) is 0 Å². The van der Waals surface area contributed by atoms with Gasteiger partial charge < -0.3 is 19.4 Å². The zero-order chi connectivity index (χ0) is 17.4. The molecule has 2 rings (SSSR count). The van der Waals surface area contributed by atoms with Crippen LogP contribution in [0, 0.1) is 0 Å². The van der Waals surface area contributed by atoms with Crippen LogP contribution in [0.2, 0.25) is 0 Å². The monoisotopic (exact) mass is 319 g/mol. The lowest BCUT2D eigenvalue weighted by Gasteiger charge is -2.32. The largest absolute Gasteiger partial charge is 0.494 e. The van der Waals surface area contributed by atoms with Gasteiger partial charge in [-0.15, -0.1) is 0 Å². The molecule has 0 saturated carbocycles. The molecule has 0 spiro atoms. The minimum atomic E-state index is -0.458. The summed E-state index contributed by atoms with van der Waals surface area (Å²) in [5.41, 5.74) is 0.722. The van der Waals surface area contributed by atoms with Crippen LogP contribution in [0.25, 0.3) is 0 Å². The molecule has 1 N–H and O–H groups in total. The van der Waals surface area contributed by atoms with Gasteiger partial charge in [0, 0.05) is 6.92 Å². The van der Waals surface area contributed by atoms with Crippen molar-refractivity contribution in [2.75, 3.05) is 5.32 Å². The fourth-order valence-electron chi connectivity index (χ4n) is 2.31. The Morgan fingerprint density at radius 3 is 2.22 bits per heavy atom. The number of amides is 1. The zero-order valence-electron chi connectivity index (χ0n) is 15.0. The molecule has 126 valence electrons. The molecule has 0 bridgehead atoms. The summed E-state index contributed by atoms with van der Waals surface area (Å²) < 4.78 is 18.0. The molecule has 0 atom stereocenters. The second-order valence-electron chi connectivity index (χ2n) is 7.19. The smallest absolute Gasteiger partial charge is 0.489 e. The fraction of sp³-hybridized carbons (Fsp3) is 0.588. The predicted molar refractivity (Wildman–Crippen MR) is 92.2 cm³/mol. The molecule has 1 aliphatic rings. The minimum absolute atomic E-state index is 0.00365. The van der Waals surface area contributed by atoms with Crippen molar-refractivity contribution in [2.24, 2.45) is 0 Å². The van der Waals surface area contributed by atoms with Gasteiger partial charge in [0.1, 0.15) is 5.75 Å². The van der Waals surface area contributed by atoms with Crippen LogP contribution in [0.4, 0.5) is 5.69 Å². The maximum atomic E-state index is 11.3. The van der Waals surface area contributed by atoms with E-state index in [1.165, 1.54) is 6.92 Å². The van der Waals surface area contributed by atoms with Crippen molar-refractivity contribution in [3.8, 4) is 5.75 Å². The van der Waals surface area contributed by atoms with E-state index in [-0.39, 0.29) is 12.0 Å². The summed E-state index contributed by atoms with van der Waals surface area (Å²) in [6, 6.07) is 5.58. The van der Waals surface area contributed by atoms with E-state index in [9.17, 15) is 4.79 Å². The van der Waals surface area contributed by atoms with E-state index < -0.39 is 18.3 Å². The average molecular weight is 319 g/mol. The third-order valence-electron chi connectivity index (χ3n) is 4.20. The second kappa shape index (κ2) is 6.17. The van der Waals surface area contributed by atoms with E-state index in [1.807, 2.05) is 59.7 Å². The standard InChI is InChI=1S/C17H26BNO4/c1-11(2)21-15-10-13(8-9-14(15)19-12(3)20)18-22-16(4,5)17(6,7)23-18/h8-11H,1-7H3,(H,19,20). The molecule has 5 nitrogen and oxygen atoms in total. The van der Waals surface area contributed by atoms with E-state index in [1.54, 1.807) is 0 Å². The summed E-state index contributed by atoms with van der Waals surface area (Å²) in [6.45, 7) is 13.4. The number of hydrogen-bond acceptors (Lipinski definition) is 4. The SMILES string of the molecule is CC(=O)Nc1ccc(B2OC(C)(C)C(C)(C)O2)cc1OC(C)C. The van der Waals surface area contributed by atoms with Gasteiger partial charge in [-0.05, 0) is 59.1 Å². The molecule has 23 heavy (non-hydrogen) atoms. The molecule has 0 radical (unpaired) electrons. The van der Waals surface area contributed by atoms with Crippen molar-refractivity contribution in [3.05, 3.63) is 18.2 Å². The van der Waals surface area contributed by atoms with E-state index in [2.05, 4.69) is 5.32 Å². The lowest BCUT2D eigenvalue weighted by atomic mass is 9.79. The van der Waals surface area contributed by atoms with Gasteiger partial charge in [0.15, 0.2) is 0 Å². The van der Waals surface area contributed by atoms with E-state index >= 15 is 0 Å². The quantitative estimate of drug-likeness (QED) is 0.867. The molecule has 1 amide bonds. The lowest BCUT2D eigenvalue weighted by Crippen LogP contribution is -2.41. The summed E-state index contributed by atoms with van der Waals surface area (Å²) >= 11 is 0. The maximum Gasteiger partial charge on any atom is 0.494 e. The highest BCUT2D eigenvalue weighted by Gasteiger charge is 2.51. The summed E-state index contributed by atoms with van der Waals surface area (Å²) in [4.78, 5) is 11.3. The third-order valence-corrected chi connectivity index (χ3v) is 4.20. The first kappa shape index (κ1) is 17.8. The summed E-state index contributed by atoms with van der Waals surface area (Å²) in [6.07, 6.45) is -0.00365. The number of carbonyl (C=O) groups excluding carboxylic acids is 1. The summed E-state index contributed by atoms with van der Waals surface area (Å²) in [5, 5.41) is 2.78. The van der Waals surface area contributed by atoms with Crippen molar-refractivity contribution in [1.29, 1.82) is 0 Å². The first-order valence-electron chi connectivity index (χ1n) is 7.96. The topological polar surface area (TPSA) is 56.8 Å². The van der Waals surface area contributed by atoms with Crippen molar-refractivity contribution >= 4 is 24.2 Å². The lowest BCUT2D eigenvalue weighted by molar-refractivity contribution is -0.114. The number of hydrogen-bond donors (Lipinski definition) is 1. The zero-order valence-corrected chi connectivity index (χ0v) is 15.0. The van der Waals surface area contributed by atoms with E-state index in [0.29, 0.717) is 11.4 Å². The maximum absolute atomic E-state index is 11.3. The van der Waals surface area contributed by atoms with E-state index in [4.69, 9.17) is 14.0 Å². The number of ether oxygens (including phenoxy) is 1. The van der Waals surface area contributed by atoms with E-state index in [0.717, 1.165) is 5.46 Å². The van der Waals surface area contributed by atoms with Gasteiger partial charge in [-0.3, -0.25) is 4.79 Å². The Morgan fingerprint density at radius 1 is 1.17 bits per heavy atom. The normalized spacial score (nSPS) is 19.0. The van der Waals surface area contributed by atoms with Crippen LogP contribution in [-0.2, 0) is 14.1 Å². The van der Waals surface area contributed by atoms with Crippen molar-refractivity contribution in [1.82, 2.24) is 0 Å². The van der Waals surface area contributed by atoms with Crippen molar-refractivity contribution < 1.29 is 18.8 Å². The van der Waals surface area contributed by atoms with Crippen molar-refractivity contribution in [2.45, 2.75) is 65.8 Å².